The third-order valence-electron chi connectivity index (χ3n) is 2.25. The van der Waals surface area contributed by atoms with E-state index >= 15 is 0 Å². The Bertz CT molecular complexity index is 337. The Hall–Kier alpha value is -1.26. The van der Waals surface area contributed by atoms with Gasteiger partial charge in [0.1, 0.15) is 5.60 Å². The molecular formula is C11H18N2O2. The summed E-state index contributed by atoms with van der Waals surface area (Å²) in [6, 6.07) is 5.51. The van der Waals surface area contributed by atoms with Crippen LogP contribution in [0.15, 0.2) is 18.2 Å². The van der Waals surface area contributed by atoms with Crippen molar-refractivity contribution in [3.8, 4) is 0 Å². The number of nitrogen functional groups attached to an aromatic ring is 1. The summed E-state index contributed by atoms with van der Waals surface area (Å²) in [6.07, 6.45) is 0. The van der Waals surface area contributed by atoms with Gasteiger partial charge >= 0.3 is 0 Å². The summed E-state index contributed by atoms with van der Waals surface area (Å²) in [7, 11) is 0. The molecule has 5 N–H and O–H groups in total. The monoisotopic (exact) mass is 210 g/mol. The van der Waals surface area contributed by atoms with Crippen molar-refractivity contribution in [3.05, 3.63) is 23.8 Å². The number of aryl methyl sites for hydroxylation is 1. The molecule has 1 aromatic carbocycles. The molecule has 0 bridgehead atoms. The van der Waals surface area contributed by atoms with Gasteiger partial charge in [-0.2, -0.15) is 0 Å². The predicted octanol–water partition coefficient (Wildman–Crippen LogP) is 0.732. The number of aliphatic hydroxyl groups is 2. The molecule has 0 aromatic heterocycles. The van der Waals surface area contributed by atoms with E-state index in [1.165, 1.54) is 0 Å². The predicted molar refractivity (Wildman–Crippen MR) is 61.8 cm³/mol. The number of anilines is 2. The van der Waals surface area contributed by atoms with Gasteiger partial charge in [0.2, 0.25) is 0 Å². The molecule has 4 nitrogen and oxygen atoms in total. The number of hydrogen-bond acceptors (Lipinski definition) is 4. The van der Waals surface area contributed by atoms with Gasteiger partial charge in [0, 0.05) is 17.9 Å². The van der Waals surface area contributed by atoms with Gasteiger partial charge in [-0.1, -0.05) is 0 Å². The van der Waals surface area contributed by atoms with Crippen LogP contribution in [0.25, 0.3) is 0 Å². The van der Waals surface area contributed by atoms with Crippen molar-refractivity contribution < 1.29 is 10.2 Å². The average Bonchev–Trinajstić information content (AvgIpc) is 2.16. The summed E-state index contributed by atoms with van der Waals surface area (Å²) in [5.74, 6) is 0. The topological polar surface area (TPSA) is 78.5 Å². The fourth-order valence-electron chi connectivity index (χ4n) is 1.23. The highest BCUT2D eigenvalue weighted by molar-refractivity contribution is 5.57. The molecule has 0 aliphatic carbocycles. The second kappa shape index (κ2) is 4.51. The van der Waals surface area contributed by atoms with Gasteiger partial charge in [-0.15, -0.1) is 0 Å². The molecule has 0 saturated carbocycles. The molecule has 0 radical (unpaired) electrons. The van der Waals surface area contributed by atoms with Crippen molar-refractivity contribution in [2.45, 2.75) is 19.4 Å². The Labute approximate surface area is 89.7 Å². The van der Waals surface area contributed by atoms with Gasteiger partial charge in [-0.3, -0.25) is 0 Å². The lowest BCUT2D eigenvalue weighted by Crippen LogP contribution is -2.37. The zero-order valence-corrected chi connectivity index (χ0v) is 9.12. The molecule has 0 saturated heterocycles. The van der Waals surface area contributed by atoms with Crippen LogP contribution < -0.4 is 11.1 Å². The number of nitrogens with one attached hydrogen (secondary N) is 1. The maximum Gasteiger partial charge on any atom is 0.102 e. The Morgan fingerprint density at radius 2 is 2.13 bits per heavy atom. The lowest BCUT2D eigenvalue weighted by atomic mass is 10.1. The Morgan fingerprint density at radius 3 is 2.67 bits per heavy atom. The number of rotatable bonds is 4. The van der Waals surface area contributed by atoms with Crippen LogP contribution in [0.2, 0.25) is 0 Å². The van der Waals surface area contributed by atoms with E-state index in [9.17, 15) is 5.11 Å². The van der Waals surface area contributed by atoms with Crippen molar-refractivity contribution in [1.82, 2.24) is 0 Å². The summed E-state index contributed by atoms with van der Waals surface area (Å²) in [5.41, 5.74) is 7.16. The molecule has 0 amide bonds. The lowest BCUT2D eigenvalue weighted by Gasteiger charge is -2.22. The fraction of sp³-hybridized carbons (Fsp3) is 0.455. The first kappa shape index (κ1) is 11.8. The van der Waals surface area contributed by atoms with Crippen LogP contribution in [0.1, 0.15) is 12.5 Å². The third-order valence-corrected chi connectivity index (χ3v) is 2.25. The van der Waals surface area contributed by atoms with E-state index in [0.29, 0.717) is 12.2 Å². The van der Waals surface area contributed by atoms with Crippen molar-refractivity contribution in [1.29, 1.82) is 0 Å². The van der Waals surface area contributed by atoms with Crippen LogP contribution in [0.3, 0.4) is 0 Å². The van der Waals surface area contributed by atoms with Crippen LogP contribution in [0, 0.1) is 6.92 Å². The highest BCUT2D eigenvalue weighted by Crippen LogP contribution is 2.18. The van der Waals surface area contributed by atoms with Gasteiger partial charge < -0.3 is 21.3 Å². The maximum atomic E-state index is 9.59. The van der Waals surface area contributed by atoms with E-state index in [0.717, 1.165) is 11.3 Å². The van der Waals surface area contributed by atoms with E-state index in [1.54, 1.807) is 13.0 Å². The smallest absolute Gasteiger partial charge is 0.102 e. The molecule has 0 aliphatic rings. The van der Waals surface area contributed by atoms with Gasteiger partial charge in [0.15, 0.2) is 0 Å². The minimum Gasteiger partial charge on any atom is -0.399 e. The quantitative estimate of drug-likeness (QED) is 0.552. The highest BCUT2D eigenvalue weighted by atomic mass is 16.3. The Morgan fingerprint density at radius 1 is 1.47 bits per heavy atom. The molecule has 1 unspecified atom stereocenters. The summed E-state index contributed by atoms with van der Waals surface area (Å²) in [5, 5.41) is 21.5. The molecule has 4 heteroatoms. The second-order valence-corrected chi connectivity index (χ2v) is 4.08. The molecule has 0 heterocycles. The summed E-state index contributed by atoms with van der Waals surface area (Å²) < 4.78 is 0. The van der Waals surface area contributed by atoms with Gasteiger partial charge in [0.25, 0.3) is 0 Å². The standard InChI is InChI=1S/C11H18N2O2/c1-8-5-9(12)3-4-10(8)13-6-11(2,15)7-14/h3-5,13-15H,6-7,12H2,1-2H3. The minimum absolute atomic E-state index is 0.270. The number of hydrogen-bond donors (Lipinski definition) is 4. The molecule has 1 aromatic rings. The Kier molecular flexibility index (Phi) is 3.55. The van der Waals surface area contributed by atoms with Crippen LogP contribution in [0.4, 0.5) is 11.4 Å². The van der Waals surface area contributed by atoms with Crippen molar-refractivity contribution >= 4 is 11.4 Å². The molecule has 1 rings (SSSR count). The van der Waals surface area contributed by atoms with E-state index in [-0.39, 0.29) is 6.61 Å². The largest absolute Gasteiger partial charge is 0.399 e. The molecule has 0 fully saturated rings. The minimum atomic E-state index is -1.10. The van der Waals surface area contributed by atoms with Crippen molar-refractivity contribution in [3.63, 3.8) is 0 Å². The number of aliphatic hydroxyl groups excluding tert-OH is 1. The molecular weight excluding hydrogens is 192 g/mol. The van der Waals surface area contributed by atoms with E-state index in [1.807, 2.05) is 19.1 Å². The molecule has 0 spiro atoms. The normalized spacial score (nSPS) is 14.7. The van der Waals surface area contributed by atoms with E-state index in [4.69, 9.17) is 10.8 Å². The molecule has 1 atom stereocenters. The van der Waals surface area contributed by atoms with Crippen LogP contribution in [-0.4, -0.2) is 29.0 Å². The first-order valence-electron chi connectivity index (χ1n) is 4.88. The third kappa shape index (κ3) is 3.42. The fourth-order valence-corrected chi connectivity index (χ4v) is 1.23. The van der Waals surface area contributed by atoms with Crippen LogP contribution in [0.5, 0.6) is 0 Å². The Balaban J connectivity index is 2.66. The second-order valence-electron chi connectivity index (χ2n) is 4.08. The van der Waals surface area contributed by atoms with E-state index < -0.39 is 5.60 Å². The summed E-state index contributed by atoms with van der Waals surface area (Å²) in [6.45, 7) is 3.54. The van der Waals surface area contributed by atoms with Crippen LogP contribution in [-0.2, 0) is 0 Å². The SMILES string of the molecule is Cc1cc(N)ccc1NCC(C)(O)CO. The average molecular weight is 210 g/mol. The van der Waals surface area contributed by atoms with E-state index in [2.05, 4.69) is 5.32 Å². The molecule has 0 aliphatic heterocycles. The van der Waals surface area contributed by atoms with Gasteiger partial charge in [-0.25, -0.2) is 0 Å². The number of benzene rings is 1. The zero-order valence-electron chi connectivity index (χ0n) is 9.12. The van der Waals surface area contributed by atoms with Crippen molar-refractivity contribution in [2.24, 2.45) is 0 Å². The molecule has 84 valence electrons. The summed E-state index contributed by atoms with van der Waals surface area (Å²) in [4.78, 5) is 0. The molecule has 15 heavy (non-hydrogen) atoms. The lowest BCUT2D eigenvalue weighted by molar-refractivity contribution is 0.0132. The first-order chi connectivity index (χ1) is 6.94. The van der Waals surface area contributed by atoms with Crippen LogP contribution >= 0.6 is 0 Å². The number of nitrogens with two attached hydrogens (primary N) is 1. The van der Waals surface area contributed by atoms with Gasteiger partial charge in [-0.05, 0) is 37.6 Å². The maximum absolute atomic E-state index is 9.59. The first-order valence-corrected chi connectivity index (χ1v) is 4.88. The highest BCUT2D eigenvalue weighted by Gasteiger charge is 2.18. The van der Waals surface area contributed by atoms with Crippen molar-refractivity contribution in [2.75, 3.05) is 24.2 Å². The van der Waals surface area contributed by atoms with Gasteiger partial charge in [0.05, 0.1) is 6.61 Å². The summed E-state index contributed by atoms with van der Waals surface area (Å²) >= 11 is 0. The zero-order chi connectivity index (χ0) is 11.5.